The minimum Gasteiger partial charge on any atom is -0.459 e. The first-order valence-electron chi connectivity index (χ1n) is 6.62. The summed E-state index contributed by atoms with van der Waals surface area (Å²) in [5.74, 6) is -0.729. The number of hydrogen-bond acceptors (Lipinski definition) is 3. The molecule has 0 amide bonds. The Morgan fingerprint density at radius 2 is 1.94 bits per heavy atom. The van der Waals surface area contributed by atoms with Gasteiger partial charge in [0.15, 0.2) is 0 Å². The Bertz CT molecular complexity index is 347. The fraction of sp³-hybridized carbons (Fsp3) is 0.786. The van der Waals surface area contributed by atoms with Gasteiger partial charge in [0.25, 0.3) is 0 Å². The molecule has 0 aliphatic heterocycles. The third kappa shape index (κ3) is 4.57. The van der Waals surface area contributed by atoms with Gasteiger partial charge in [-0.05, 0) is 33.6 Å². The van der Waals surface area contributed by atoms with Gasteiger partial charge in [0.2, 0.25) is 0 Å². The average molecular weight is 270 g/mol. The number of aliphatic hydroxyl groups excluding tert-OH is 1. The van der Waals surface area contributed by atoms with Crippen molar-refractivity contribution in [2.45, 2.75) is 65.0 Å². The van der Waals surface area contributed by atoms with E-state index in [1.807, 2.05) is 20.8 Å². The number of esters is 1. The average Bonchev–Trinajstić information content (AvgIpc) is 2.40. The molecular formula is C14H26O3Si. The van der Waals surface area contributed by atoms with Gasteiger partial charge in [-0.3, -0.25) is 4.79 Å². The molecule has 4 heteroatoms. The van der Waals surface area contributed by atoms with Crippen LogP contribution in [0.25, 0.3) is 0 Å². The highest BCUT2D eigenvalue weighted by molar-refractivity contribution is 6.81. The fourth-order valence-electron chi connectivity index (χ4n) is 2.28. The normalized spacial score (nSPS) is 27.6. The van der Waals surface area contributed by atoms with E-state index in [4.69, 9.17) is 4.74 Å². The Kier molecular flexibility index (Phi) is 4.44. The SMILES string of the molecule is CC(C)(C)OC(=O)[C@@H]1/C(=C\[Si](C)(C)C)CC[C@@H]1O. The molecule has 0 radical (unpaired) electrons. The summed E-state index contributed by atoms with van der Waals surface area (Å²) in [6, 6.07) is 0. The largest absolute Gasteiger partial charge is 0.459 e. The molecular weight excluding hydrogens is 244 g/mol. The Morgan fingerprint density at radius 3 is 2.39 bits per heavy atom. The summed E-state index contributed by atoms with van der Waals surface area (Å²) in [5.41, 5.74) is 2.82. The molecule has 0 saturated heterocycles. The second kappa shape index (κ2) is 5.17. The zero-order valence-corrected chi connectivity index (χ0v) is 13.4. The van der Waals surface area contributed by atoms with E-state index in [0.717, 1.165) is 12.0 Å². The van der Waals surface area contributed by atoms with Gasteiger partial charge in [-0.15, -0.1) is 0 Å². The van der Waals surface area contributed by atoms with Gasteiger partial charge in [-0.1, -0.05) is 30.9 Å². The summed E-state index contributed by atoms with van der Waals surface area (Å²) in [6.07, 6.45) is 0.901. The van der Waals surface area contributed by atoms with Crippen molar-refractivity contribution in [1.82, 2.24) is 0 Å². The highest BCUT2D eigenvalue weighted by Crippen LogP contribution is 2.34. The molecule has 2 atom stereocenters. The highest BCUT2D eigenvalue weighted by atomic mass is 28.3. The van der Waals surface area contributed by atoms with Crippen molar-refractivity contribution in [3.63, 3.8) is 0 Å². The van der Waals surface area contributed by atoms with Crippen LogP contribution in [0.5, 0.6) is 0 Å². The number of rotatable bonds is 2. The first-order chi connectivity index (χ1) is 7.99. The van der Waals surface area contributed by atoms with Gasteiger partial charge in [0.05, 0.1) is 14.2 Å². The van der Waals surface area contributed by atoms with Gasteiger partial charge in [0.1, 0.15) is 11.5 Å². The maximum absolute atomic E-state index is 12.2. The molecule has 1 N–H and O–H groups in total. The van der Waals surface area contributed by atoms with Crippen LogP contribution in [0.15, 0.2) is 11.3 Å². The molecule has 104 valence electrons. The van der Waals surface area contributed by atoms with Crippen molar-refractivity contribution in [2.75, 3.05) is 0 Å². The van der Waals surface area contributed by atoms with Crippen molar-refractivity contribution >= 4 is 14.0 Å². The van der Waals surface area contributed by atoms with Crippen LogP contribution in [0.3, 0.4) is 0 Å². The minimum atomic E-state index is -1.38. The van der Waals surface area contributed by atoms with E-state index in [-0.39, 0.29) is 5.97 Å². The standard InChI is InChI=1S/C14H26O3Si/c1-14(2,3)17-13(16)12-10(7-8-11(12)15)9-18(4,5)6/h9,11-12,15H,7-8H2,1-6H3/b10-9-/t11-,12+/m0/s1. The van der Waals surface area contributed by atoms with Crippen molar-refractivity contribution < 1.29 is 14.6 Å². The third-order valence-corrected chi connectivity index (χ3v) is 4.03. The van der Waals surface area contributed by atoms with E-state index in [1.165, 1.54) is 0 Å². The topological polar surface area (TPSA) is 46.5 Å². The van der Waals surface area contributed by atoms with Crippen LogP contribution >= 0.6 is 0 Å². The summed E-state index contributed by atoms with van der Waals surface area (Å²) in [4.78, 5) is 12.2. The molecule has 0 aromatic heterocycles. The molecule has 3 nitrogen and oxygen atoms in total. The third-order valence-electron chi connectivity index (χ3n) is 2.79. The number of carbonyl (C=O) groups excluding carboxylic acids is 1. The second-order valence-electron chi connectivity index (χ2n) is 7.20. The van der Waals surface area contributed by atoms with Crippen LogP contribution in [0.2, 0.25) is 19.6 Å². The predicted molar refractivity (Wildman–Crippen MR) is 76.0 cm³/mol. The van der Waals surface area contributed by atoms with Crippen LogP contribution in [0.4, 0.5) is 0 Å². The molecule has 18 heavy (non-hydrogen) atoms. The summed E-state index contributed by atoms with van der Waals surface area (Å²) in [6.45, 7) is 12.3. The molecule has 1 rings (SSSR count). The van der Waals surface area contributed by atoms with Crippen molar-refractivity contribution in [2.24, 2.45) is 5.92 Å². The van der Waals surface area contributed by atoms with Gasteiger partial charge < -0.3 is 9.84 Å². The maximum atomic E-state index is 12.2. The second-order valence-corrected chi connectivity index (χ2v) is 12.2. The number of carbonyl (C=O) groups is 1. The van der Waals surface area contributed by atoms with Crippen molar-refractivity contribution in [1.29, 1.82) is 0 Å². The van der Waals surface area contributed by atoms with Gasteiger partial charge >= 0.3 is 5.97 Å². The fourth-order valence-corrected chi connectivity index (χ4v) is 3.71. The Labute approximate surface area is 111 Å². The zero-order chi connectivity index (χ0) is 14.1. The van der Waals surface area contributed by atoms with Crippen LogP contribution in [-0.4, -0.2) is 30.9 Å². The lowest BCUT2D eigenvalue weighted by molar-refractivity contribution is -0.161. The summed E-state index contributed by atoms with van der Waals surface area (Å²) < 4.78 is 5.41. The maximum Gasteiger partial charge on any atom is 0.316 e. The quantitative estimate of drug-likeness (QED) is 0.620. The lowest BCUT2D eigenvalue weighted by Crippen LogP contribution is -2.33. The minimum absolute atomic E-state index is 0.281. The molecule has 0 heterocycles. The molecule has 0 spiro atoms. The van der Waals surface area contributed by atoms with Crippen LogP contribution in [0, 0.1) is 5.92 Å². The van der Waals surface area contributed by atoms with Crippen molar-refractivity contribution in [3.05, 3.63) is 11.3 Å². The van der Waals surface area contributed by atoms with E-state index >= 15 is 0 Å². The number of ether oxygens (including phenoxy) is 1. The molecule has 1 aliphatic rings. The lowest BCUT2D eigenvalue weighted by Gasteiger charge is -2.24. The van der Waals surface area contributed by atoms with Crippen LogP contribution < -0.4 is 0 Å². The number of aliphatic hydroxyl groups is 1. The molecule has 0 aromatic carbocycles. The summed E-state index contributed by atoms with van der Waals surface area (Å²) in [5, 5.41) is 10.00. The van der Waals surface area contributed by atoms with Crippen LogP contribution in [-0.2, 0) is 9.53 Å². The van der Waals surface area contributed by atoms with E-state index in [1.54, 1.807) is 0 Å². The summed E-state index contributed by atoms with van der Waals surface area (Å²) in [7, 11) is -1.38. The van der Waals surface area contributed by atoms with E-state index in [2.05, 4.69) is 25.3 Å². The van der Waals surface area contributed by atoms with Gasteiger partial charge in [0, 0.05) is 0 Å². The first kappa shape index (κ1) is 15.4. The molecule has 0 aromatic rings. The van der Waals surface area contributed by atoms with Crippen molar-refractivity contribution in [3.8, 4) is 0 Å². The monoisotopic (exact) mass is 270 g/mol. The first-order valence-corrected chi connectivity index (χ1v) is 10.2. The Hall–Kier alpha value is -0.613. The van der Waals surface area contributed by atoms with Crippen LogP contribution in [0.1, 0.15) is 33.6 Å². The lowest BCUT2D eigenvalue weighted by atomic mass is 10.0. The zero-order valence-electron chi connectivity index (χ0n) is 12.4. The smallest absolute Gasteiger partial charge is 0.316 e. The van der Waals surface area contributed by atoms with Gasteiger partial charge in [-0.2, -0.15) is 0 Å². The predicted octanol–water partition coefficient (Wildman–Crippen LogP) is 2.90. The molecule has 0 unspecified atom stereocenters. The van der Waals surface area contributed by atoms with E-state index in [9.17, 15) is 9.90 Å². The van der Waals surface area contributed by atoms with E-state index in [0.29, 0.717) is 6.42 Å². The molecule has 0 bridgehead atoms. The van der Waals surface area contributed by atoms with Gasteiger partial charge in [-0.25, -0.2) is 0 Å². The number of hydrogen-bond donors (Lipinski definition) is 1. The Balaban J connectivity index is 2.90. The molecule has 1 saturated carbocycles. The molecule has 1 fully saturated rings. The summed E-state index contributed by atoms with van der Waals surface area (Å²) >= 11 is 0. The Morgan fingerprint density at radius 1 is 1.39 bits per heavy atom. The van der Waals surface area contributed by atoms with E-state index < -0.39 is 25.7 Å². The highest BCUT2D eigenvalue weighted by Gasteiger charge is 2.39. The molecule has 1 aliphatic carbocycles.